The zero-order chi connectivity index (χ0) is 15.5. The van der Waals surface area contributed by atoms with Gasteiger partial charge in [0.1, 0.15) is 0 Å². The van der Waals surface area contributed by atoms with Gasteiger partial charge in [-0.2, -0.15) is 0 Å². The molecule has 1 aromatic carbocycles. The zero-order valence-corrected chi connectivity index (χ0v) is 13.4. The van der Waals surface area contributed by atoms with Crippen molar-refractivity contribution >= 4 is 12.0 Å². The van der Waals surface area contributed by atoms with Crippen molar-refractivity contribution in [2.45, 2.75) is 46.5 Å². The van der Waals surface area contributed by atoms with Crippen molar-refractivity contribution in [2.75, 3.05) is 6.61 Å². The predicted molar refractivity (Wildman–Crippen MR) is 89.0 cm³/mol. The molecule has 0 saturated heterocycles. The minimum atomic E-state index is -0.230. The molecule has 0 unspecified atom stereocenters. The minimum absolute atomic E-state index is 0.230. The maximum Gasteiger partial charge on any atom is 0.333 e. The van der Waals surface area contributed by atoms with E-state index in [0.29, 0.717) is 12.2 Å². The summed E-state index contributed by atoms with van der Waals surface area (Å²) in [6, 6.07) is 10.2. The van der Waals surface area contributed by atoms with Crippen LogP contribution in [0.15, 0.2) is 47.6 Å². The molecular weight excluding hydrogens is 260 g/mol. The van der Waals surface area contributed by atoms with Crippen LogP contribution in [0.3, 0.4) is 0 Å². The predicted octanol–water partition coefficient (Wildman–Crippen LogP) is 5.16. The van der Waals surface area contributed by atoms with Crippen LogP contribution in [0.4, 0.5) is 0 Å². The molecule has 0 amide bonds. The smallest absolute Gasteiger partial charge is 0.333 e. The molecule has 0 fully saturated rings. The molecule has 0 aromatic heterocycles. The Morgan fingerprint density at radius 2 is 1.86 bits per heavy atom. The van der Waals surface area contributed by atoms with E-state index in [9.17, 15) is 4.79 Å². The molecule has 0 radical (unpaired) electrons. The van der Waals surface area contributed by atoms with Crippen molar-refractivity contribution < 1.29 is 9.53 Å². The molecule has 0 aliphatic carbocycles. The first-order valence-electron chi connectivity index (χ1n) is 7.78. The van der Waals surface area contributed by atoms with Crippen molar-refractivity contribution in [2.24, 2.45) is 0 Å². The minimum Gasteiger partial charge on any atom is -0.463 e. The van der Waals surface area contributed by atoms with Crippen molar-refractivity contribution in [1.29, 1.82) is 0 Å². The number of hydrogen-bond acceptors (Lipinski definition) is 2. The van der Waals surface area contributed by atoms with Crippen LogP contribution in [-0.4, -0.2) is 12.6 Å². The first kappa shape index (κ1) is 17.2. The first-order valence-corrected chi connectivity index (χ1v) is 7.78. The molecular formula is C19H26O2. The van der Waals surface area contributed by atoms with Gasteiger partial charge in [0.15, 0.2) is 0 Å². The third kappa shape index (κ3) is 6.94. The van der Waals surface area contributed by atoms with Gasteiger partial charge in [-0.05, 0) is 43.9 Å². The van der Waals surface area contributed by atoms with E-state index in [1.165, 1.54) is 18.4 Å². The lowest BCUT2D eigenvalue weighted by Crippen LogP contribution is -2.05. The van der Waals surface area contributed by atoms with Gasteiger partial charge in [-0.1, -0.05) is 56.2 Å². The topological polar surface area (TPSA) is 26.3 Å². The number of unbranched alkanes of at least 4 members (excludes halogenated alkanes) is 2. The van der Waals surface area contributed by atoms with Gasteiger partial charge in [0.2, 0.25) is 0 Å². The number of rotatable bonds is 8. The Morgan fingerprint density at radius 1 is 1.14 bits per heavy atom. The molecule has 0 saturated carbocycles. The number of carbonyl (C=O) groups excluding carboxylic acids is 1. The lowest BCUT2D eigenvalue weighted by Gasteiger charge is -2.06. The Kier molecular flexibility index (Phi) is 8.18. The summed E-state index contributed by atoms with van der Waals surface area (Å²) in [4.78, 5) is 11.7. The molecule has 0 aliphatic heterocycles. The highest BCUT2D eigenvalue weighted by Crippen LogP contribution is 2.17. The van der Waals surface area contributed by atoms with Gasteiger partial charge < -0.3 is 4.74 Å². The van der Waals surface area contributed by atoms with E-state index in [-0.39, 0.29) is 5.97 Å². The number of ether oxygens (including phenoxy) is 1. The highest BCUT2D eigenvalue weighted by Gasteiger charge is 2.05. The van der Waals surface area contributed by atoms with Crippen LogP contribution in [0.5, 0.6) is 0 Å². The Labute approximate surface area is 128 Å². The summed E-state index contributed by atoms with van der Waals surface area (Å²) in [7, 11) is 0. The Bertz CT molecular complexity index is 484. The molecule has 1 rings (SSSR count). The summed E-state index contributed by atoms with van der Waals surface area (Å²) in [5, 5.41) is 0. The maximum atomic E-state index is 11.7. The van der Waals surface area contributed by atoms with Crippen molar-refractivity contribution in [3.63, 3.8) is 0 Å². The third-order valence-electron chi connectivity index (χ3n) is 3.22. The molecule has 0 spiro atoms. The summed E-state index contributed by atoms with van der Waals surface area (Å²) in [6.07, 6.45) is 8.64. The summed E-state index contributed by atoms with van der Waals surface area (Å²) in [6.45, 7) is 6.25. The molecule has 114 valence electrons. The summed E-state index contributed by atoms with van der Waals surface area (Å²) >= 11 is 0. The molecule has 0 bridgehead atoms. The fraction of sp³-hybridized carbons (Fsp3) is 0.421. The lowest BCUT2D eigenvalue weighted by molar-refractivity contribution is -0.138. The van der Waals surface area contributed by atoms with Crippen molar-refractivity contribution in [3.8, 4) is 0 Å². The van der Waals surface area contributed by atoms with Crippen molar-refractivity contribution in [1.82, 2.24) is 0 Å². The van der Waals surface area contributed by atoms with Crippen molar-refractivity contribution in [3.05, 3.63) is 53.1 Å². The summed E-state index contributed by atoms with van der Waals surface area (Å²) in [5.74, 6) is -0.230. The Balaban J connectivity index is 2.89. The average molecular weight is 286 g/mol. The highest BCUT2D eigenvalue weighted by atomic mass is 16.5. The second-order valence-electron chi connectivity index (χ2n) is 5.13. The number of carbonyl (C=O) groups is 1. The van der Waals surface area contributed by atoms with Crippen LogP contribution in [0.25, 0.3) is 6.08 Å². The highest BCUT2D eigenvalue weighted by molar-refractivity contribution is 5.88. The Morgan fingerprint density at radius 3 is 2.48 bits per heavy atom. The number of hydrogen-bond donors (Lipinski definition) is 0. The fourth-order valence-corrected chi connectivity index (χ4v) is 2.11. The van der Waals surface area contributed by atoms with E-state index in [2.05, 4.69) is 25.1 Å². The van der Waals surface area contributed by atoms with Gasteiger partial charge in [0.25, 0.3) is 0 Å². The van der Waals surface area contributed by atoms with Gasteiger partial charge in [-0.3, -0.25) is 0 Å². The molecule has 21 heavy (non-hydrogen) atoms. The van der Waals surface area contributed by atoms with Crippen LogP contribution in [-0.2, 0) is 9.53 Å². The van der Waals surface area contributed by atoms with Gasteiger partial charge >= 0.3 is 5.97 Å². The van der Waals surface area contributed by atoms with Gasteiger partial charge in [0.05, 0.1) is 6.61 Å². The Hall–Kier alpha value is -1.83. The van der Waals surface area contributed by atoms with Crippen LogP contribution < -0.4 is 0 Å². The van der Waals surface area contributed by atoms with E-state index >= 15 is 0 Å². The number of allylic oxidation sites excluding steroid dienone is 2. The third-order valence-corrected chi connectivity index (χ3v) is 3.22. The molecule has 2 nitrogen and oxygen atoms in total. The van der Waals surface area contributed by atoms with Crippen LogP contribution in [0, 0.1) is 0 Å². The molecule has 0 N–H and O–H groups in total. The standard InChI is InChI=1S/C19H26O2/c1-4-6-8-13-18(14-16(3)19(20)21-5-2)15-17-11-9-7-10-12-17/h7,9-12,14-15H,4-6,8,13H2,1-3H3/b16-14+,18-15+. The van der Waals surface area contributed by atoms with E-state index in [4.69, 9.17) is 4.74 Å². The number of benzene rings is 1. The second kappa shape index (κ2) is 9.98. The molecule has 0 aliphatic rings. The monoisotopic (exact) mass is 286 g/mol. The second-order valence-corrected chi connectivity index (χ2v) is 5.13. The zero-order valence-electron chi connectivity index (χ0n) is 13.4. The number of esters is 1. The summed E-state index contributed by atoms with van der Waals surface area (Å²) in [5.41, 5.74) is 3.01. The van der Waals surface area contributed by atoms with Gasteiger partial charge in [0, 0.05) is 5.57 Å². The normalized spacial score (nSPS) is 12.3. The average Bonchev–Trinajstić information content (AvgIpc) is 2.48. The van der Waals surface area contributed by atoms with Crippen LogP contribution in [0.2, 0.25) is 0 Å². The molecule has 1 aromatic rings. The SMILES string of the molecule is CCCCCC(=C\c1ccccc1)/C=C(\C)C(=O)OCC. The van der Waals surface area contributed by atoms with E-state index < -0.39 is 0 Å². The molecule has 0 heterocycles. The maximum absolute atomic E-state index is 11.7. The van der Waals surface area contributed by atoms with E-state index in [1.54, 1.807) is 0 Å². The largest absolute Gasteiger partial charge is 0.463 e. The first-order chi connectivity index (χ1) is 10.2. The summed E-state index contributed by atoms with van der Waals surface area (Å²) < 4.78 is 5.05. The molecule has 0 atom stereocenters. The van der Waals surface area contributed by atoms with Gasteiger partial charge in [-0.15, -0.1) is 0 Å². The molecule has 2 heteroatoms. The lowest BCUT2D eigenvalue weighted by atomic mass is 10.0. The quantitative estimate of drug-likeness (QED) is 0.285. The van der Waals surface area contributed by atoms with Gasteiger partial charge in [-0.25, -0.2) is 4.79 Å². The van der Waals surface area contributed by atoms with Crippen LogP contribution in [0.1, 0.15) is 52.0 Å². The van der Waals surface area contributed by atoms with Crippen LogP contribution >= 0.6 is 0 Å². The van der Waals surface area contributed by atoms with E-state index in [0.717, 1.165) is 18.4 Å². The van der Waals surface area contributed by atoms with E-state index in [1.807, 2.05) is 38.1 Å². The fourth-order valence-electron chi connectivity index (χ4n) is 2.11.